The second-order valence-electron chi connectivity index (χ2n) is 4.88. The topological polar surface area (TPSA) is 29.1 Å². The molecule has 0 spiro atoms. The summed E-state index contributed by atoms with van der Waals surface area (Å²) in [5, 5.41) is 3.73. The largest absolute Gasteiger partial charge is 0.353 e. The van der Waals surface area contributed by atoms with Crippen LogP contribution in [0.3, 0.4) is 0 Å². The van der Waals surface area contributed by atoms with Crippen molar-refractivity contribution in [2.75, 3.05) is 0 Å². The van der Waals surface area contributed by atoms with Crippen molar-refractivity contribution < 1.29 is 4.79 Å². The van der Waals surface area contributed by atoms with Crippen LogP contribution in [0.25, 0.3) is 0 Å². The van der Waals surface area contributed by atoms with Gasteiger partial charge >= 0.3 is 0 Å². The maximum atomic E-state index is 12.1. The Morgan fingerprint density at radius 3 is 2.38 bits per heavy atom. The molecule has 1 saturated carbocycles. The van der Waals surface area contributed by atoms with Crippen LogP contribution in [-0.4, -0.2) is 11.9 Å². The van der Waals surface area contributed by atoms with Gasteiger partial charge in [0.15, 0.2) is 0 Å². The third kappa shape index (κ3) is 2.38. The number of rotatable bonds is 3. The molecule has 0 radical (unpaired) electrons. The summed E-state index contributed by atoms with van der Waals surface area (Å²) in [6, 6.07) is 7.87. The first kappa shape index (κ1) is 11.5. The van der Waals surface area contributed by atoms with Gasteiger partial charge in [0, 0.05) is 11.1 Å². The van der Waals surface area contributed by atoms with Crippen LogP contribution in [0.4, 0.5) is 0 Å². The summed E-state index contributed by atoms with van der Waals surface area (Å²) >= 11 is 5.84. The minimum Gasteiger partial charge on any atom is -0.353 e. The lowest BCUT2D eigenvalue weighted by Crippen LogP contribution is -2.41. The normalized spacial score (nSPS) is 15.9. The molecule has 1 N–H and O–H groups in total. The first-order valence-electron chi connectivity index (χ1n) is 5.57. The standard InChI is InChI=1S/C13H16ClNO/c1-13(2,12(16)15-11-7-8-11)9-3-5-10(14)6-4-9/h3-6,11H,7-8H2,1-2H3,(H,15,16). The predicted molar refractivity (Wildman–Crippen MR) is 65.6 cm³/mol. The van der Waals surface area contributed by atoms with Gasteiger partial charge in [0.1, 0.15) is 0 Å². The van der Waals surface area contributed by atoms with Gasteiger partial charge in [-0.1, -0.05) is 23.7 Å². The van der Waals surface area contributed by atoms with Gasteiger partial charge in [-0.25, -0.2) is 0 Å². The van der Waals surface area contributed by atoms with Crippen LogP contribution in [0, 0.1) is 0 Å². The maximum absolute atomic E-state index is 12.1. The number of amides is 1. The smallest absolute Gasteiger partial charge is 0.230 e. The summed E-state index contributed by atoms with van der Waals surface area (Å²) in [5.74, 6) is 0.0947. The molecule has 0 aliphatic heterocycles. The summed E-state index contributed by atoms with van der Waals surface area (Å²) in [5.41, 5.74) is 0.503. The van der Waals surface area contributed by atoms with E-state index in [9.17, 15) is 4.79 Å². The van der Waals surface area contributed by atoms with Crippen molar-refractivity contribution in [3.63, 3.8) is 0 Å². The van der Waals surface area contributed by atoms with Crippen LogP contribution in [0.1, 0.15) is 32.3 Å². The molecule has 1 fully saturated rings. The van der Waals surface area contributed by atoms with Crippen LogP contribution in [0.5, 0.6) is 0 Å². The fourth-order valence-electron chi connectivity index (χ4n) is 1.59. The Labute approximate surface area is 101 Å². The highest BCUT2D eigenvalue weighted by Gasteiger charge is 2.33. The van der Waals surface area contributed by atoms with Crippen LogP contribution < -0.4 is 5.32 Å². The molecular formula is C13H16ClNO. The molecule has 0 heterocycles. The lowest BCUT2D eigenvalue weighted by Gasteiger charge is -2.24. The Bertz CT molecular complexity index is 393. The van der Waals surface area contributed by atoms with E-state index in [1.54, 1.807) is 0 Å². The Morgan fingerprint density at radius 2 is 1.88 bits per heavy atom. The van der Waals surface area contributed by atoms with Crippen molar-refractivity contribution >= 4 is 17.5 Å². The minimum atomic E-state index is -0.493. The molecular weight excluding hydrogens is 222 g/mol. The van der Waals surface area contributed by atoms with Gasteiger partial charge in [0.25, 0.3) is 0 Å². The monoisotopic (exact) mass is 237 g/mol. The Hall–Kier alpha value is -1.02. The van der Waals surface area contributed by atoms with Gasteiger partial charge in [-0.2, -0.15) is 0 Å². The van der Waals surface area contributed by atoms with Crippen LogP contribution in [-0.2, 0) is 10.2 Å². The van der Waals surface area contributed by atoms with Gasteiger partial charge in [0.2, 0.25) is 5.91 Å². The Balaban J connectivity index is 2.15. The third-order valence-corrected chi connectivity index (χ3v) is 3.30. The van der Waals surface area contributed by atoms with E-state index in [1.165, 1.54) is 0 Å². The fourth-order valence-corrected chi connectivity index (χ4v) is 1.72. The number of halogens is 1. The summed E-state index contributed by atoms with van der Waals surface area (Å²) in [7, 11) is 0. The van der Waals surface area contributed by atoms with Gasteiger partial charge in [-0.3, -0.25) is 4.79 Å². The molecule has 1 aromatic rings. The number of carbonyl (C=O) groups excluding carboxylic acids is 1. The third-order valence-electron chi connectivity index (χ3n) is 3.05. The summed E-state index contributed by atoms with van der Waals surface area (Å²) < 4.78 is 0. The molecule has 1 aromatic carbocycles. The zero-order valence-corrected chi connectivity index (χ0v) is 10.3. The molecule has 86 valence electrons. The highest BCUT2D eigenvalue weighted by molar-refractivity contribution is 6.30. The van der Waals surface area contributed by atoms with Gasteiger partial charge < -0.3 is 5.32 Å². The average molecular weight is 238 g/mol. The van der Waals surface area contributed by atoms with Crippen LogP contribution in [0.2, 0.25) is 5.02 Å². The van der Waals surface area contributed by atoms with Crippen molar-refractivity contribution in [1.29, 1.82) is 0 Å². The SMILES string of the molecule is CC(C)(C(=O)NC1CC1)c1ccc(Cl)cc1. The Kier molecular flexibility index (Phi) is 2.94. The van der Waals surface area contributed by atoms with E-state index in [2.05, 4.69) is 5.32 Å². The molecule has 1 aliphatic carbocycles. The number of benzene rings is 1. The molecule has 2 rings (SSSR count). The second-order valence-corrected chi connectivity index (χ2v) is 5.32. The molecule has 0 bridgehead atoms. The van der Waals surface area contributed by atoms with E-state index in [-0.39, 0.29) is 5.91 Å². The second kappa shape index (κ2) is 4.10. The minimum absolute atomic E-state index is 0.0947. The van der Waals surface area contributed by atoms with E-state index < -0.39 is 5.41 Å². The zero-order valence-electron chi connectivity index (χ0n) is 9.59. The van der Waals surface area contributed by atoms with E-state index in [0.29, 0.717) is 11.1 Å². The van der Waals surface area contributed by atoms with Crippen LogP contribution in [0.15, 0.2) is 24.3 Å². The Morgan fingerprint density at radius 1 is 1.31 bits per heavy atom. The molecule has 1 aliphatic rings. The van der Waals surface area contributed by atoms with E-state index in [4.69, 9.17) is 11.6 Å². The lowest BCUT2D eigenvalue weighted by molar-refractivity contribution is -0.125. The van der Waals surface area contributed by atoms with Crippen LogP contribution >= 0.6 is 11.6 Å². The van der Waals surface area contributed by atoms with Gasteiger partial charge in [-0.15, -0.1) is 0 Å². The highest BCUT2D eigenvalue weighted by atomic mass is 35.5. The molecule has 1 amide bonds. The van der Waals surface area contributed by atoms with Crippen molar-refractivity contribution in [3.8, 4) is 0 Å². The van der Waals surface area contributed by atoms with E-state index in [0.717, 1.165) is 18.4 Å². The number of nitrogens with one attached hydrogen (secondary N) is 1. The molecule has 0 aromatic heterocycles. The van der Waals surface area contributed by atoms with E-state index in [1.807, 2.05) is 38.1 Å². The number of hydrogen-bond donors (Lipinski definition) is 1. The first-order valence-corrected chi connectivity index (χ1v) is 5.95. The number of carbonyl (C=O) groups is 1. The summed E-state index contributed by atoms with van der Waals surface area (Å²) in [6.07, 6.45) is 2.23. The van der Waals surface area contributed by atoms with Crippen molar-refractivity contribution in [2.24, 2.45) is 0 Å². The quantitative estimate of drug-likeness (QED) is 0.861. The molecule has 2 nitrogen and oxygen atoms in total. The fraction of sp³-hybridized carbons (Fsp3) is 0.462. The summed E-state index contributed by atoms with van der Waals surface area (Å²) in [4.78, 5) is 12.1. The molecule has 16 heavy (non-hydrogen) atoms. The van der Waals surface area contributed by atoms with Crippen molar-refractivity contribution in [2.45, 2.75) is 38.1 Å². The number of hydrogen-bond acceptors (Lipinski definition) is 1. The van der Waals surface area contributed by atoms with Crippen molar-refractivity contribution in [3.05, 3.63) is 34.9 Å². The highest BCUT2D eigenvalue weighted by Crippen LogP contribution is 2.27. The molecule has 0 saturated heterocycles. The van der Waals surface area contributed by atoms with Gasteiger partial charge in [-0.05, 0) is 44.4 Å². The average Bonchev–Trinajstić information content (AvgIpc) is 3.02. The van der Waals surface area contributed by atoms with Gasteiger partial charge in [0.05, 0.1) is 5.41 Å². The first-order chi connectivity index (χ1) is 7.50. The predicted octanol–water partition coefficient (Wildman–Crippen LogP) is 2.90. The molecule has 3 heteroatoms. The van der Waals surface area contributed by atoms with Crippen molar-refractivity contribution in [1.82, 2.24) is 5.32 Å². The molecule has 0 unspecified atom stereocenters. The summed E-state index contributed by atoms with van der Waals surface area (Å²) in [6.45, 7) is 3.88. The lowest BCUT2D eigenvalue weighted by atomic mass is 9.84. The van der Waals surface area contributed by atoms with E-state index >= 15 is 0 Å². The molecule has 0 atom stereocenters. The maximum Gasteiger partial charge on any atom is 0.230 e. The zero-order chi connectivity index (χ0) is 11.8.